The Morgan fingerprint density at radius 3 is 3.00 bits per heavy atom. The summed E-state index contributed by atoms with van der Waals surface area (Å²) in [7, 11) is 1.82. The summed E-state index contributed by atoms with van der Waals surface area (Å²) in [5, 5.41) is 12.0. The Morgan fingerprint density at radius 1 is 1.43 bits per heavy atom. The lowest BCUT2D eigenvalue weighted by atomic mass is 10.4. The topological polar surface area (TPSA) is 56.5 Å². The SMILES string of the molecule is Cn1nnnc1SCc1ccccn1. The maximum Gasteiger partial charge on any atom is 0.209 e. The molecule has 72 valence electrons. The summed E-state index contributed by atoms with van der Waals surface area (Å²) in [6.45, 7) is 0. The standard InChI is InChI=1S/C8H9N5S/c1-13-8(10-11-12-13)14-6-7-4-2-3-5-9-7/h2-5H,6H2,1H3. The fourth-order valence-electron chi connectivity index (χ4n) is 0.966. The van der Waals surface area contributed by atoms with Crippen molar-refractivity contribution in [3.63, 3.8) is 0 Å². The van der Waals surface area contributed by atoms with Crippen LogP contribution in [0, 0.1) is 0 Å². The summed E-state index contributed by atoms with van der Waals surface area (Å²) >= 11 is 1.57. The molecule has 0 aromatic carbocycles. The van der Waals surface area contributed by atoms with Crippen molar-refractivity contribution in [1.29, 1.82) is 0 Å². The molecule has 0 unspecified atom stereocenters. The second kappa shape index (κ2) is 4.19. The molecule has 6 heteroatoms. The van der Waals surface area contributed by atoms with Crippen LogP contribution in [0.25, 0.3) is 0 Å². The molecule has 0 atom stereocenters. The second-order valence-corrected chi connectivity index (χ2v) is 3.64. The molecule has 0 aliphatic carbocycles. The zero-order chi connectivity index (χ0) is 9.80. The van der Waals surface area contributed by atoms with Crippen LogP contribution >= 0.6 is 11.8 Å². The summed E-state index contributed by atoms with van der Waals surface area (Å²) < 4.78 is 1.65. The average Bonchev–Trinajstić information content (AvgIpc) is 2.63. The van der Waals surface area contributed by atoms with Gasteiger partial charge in [0, 0.05) is 19.0 Å². The number of hydrogen-bond acceptors (Lipinski definition) is 5. The Balaban J connectivity index is 1.99. The first-order chi connectivity index (χ1) is 6.86. The smallest absolute Gasteiger partial charge is 0.209 e. The van der Waals surface area contributed by atoms with E-state index in [-0.39, 0.29) is 0 Å². The number of hydrogen-bond donors (Lipinski definition) is 0. The van der Waals surface area contributed by atoms with E-state index in [0.717, 1.165) is 16.6 Å². The van der Waals surface area contributed by atoms with Crippen molar-refractivity contribution >= 4 is 11.8 Å². The highest BCUT2D eigenvalue weighted by molar-refractivity contribution is 7.98. The number of tetrazole rings is 1. The van der Waals surface area contributed by atoms with Crippen molar-refractivity contribution in [1.82, 2.24) is 25.2 Å². The monoisotopic (exact) mass is 207 g/mol. The Kier molecular flexibility index (Phi) is 2.73. The van der Waals surface area contributed by atoms with Crippen LogP contribution in [0.1, 0.15) is 5.69 Å². The third kappa shape index (κ3) is 2.08. The van der Waals surface area contributed by atoms with E-state index >= 15 is 0 Å². The van der Waals surface area contributed by atoms with Crippen LogP contribution in [0.3, 0.4) is 0 Å². The molecule has 2 aromatic heterocycles. The van der Waals surface area contributed by atoms with Crippen LogP contribution in [-0.4, -0.2) is 25.2 Å². The van der Waals surface area contributed by atoms with E-state index < -0.39 is 0 Å². The molecule has 0 aliphatic rings. The zero-order valence-corrected chi connectivity index (χ0v) is 8.48. The highest BCUT2D eigenvalue weighted by Gasteiger charge is 2.02. The molecular formula is C8H9N5S. The maximum atomic E-state index is 4.21. The molecule has 0 bridgehead atoms. The minimum absolute atomic E-state index is 0.787. The van der Waals surface area contributed by atoms with Crippen LogP contribution in [0.5, 0.6) is 0 Å². The van der Waals surface area contributed by atoms with Gasteiger partial charge >= 0.3 is 0 Å². The Hall–Kier alpha value is -1.43. The predicted octanol–water partition coefficient (Wildman–Crippen LogP) is 0.897. The number of aromatic nitrogens is 5. The quantitative estimate of drug-likeness (QED) is 0.700. The van der Waals surface area contributed by atoms with Gasteiger partial charge in [0.15, 0.2) is 0 Å². The zero-order valence-electron chi connectivity index (χ0n) is 7.66. The molecule has 5 nitrogen and oxygen atoms in total. The van der Waals surface area contributed by atoms with Crippen molar-refractivity contribution in [2.75, 3.05) is 0 Å². The van der Waals surface area contributed by atoms with Gasteiger partial charge in [-0.3, -0.25) is 4.98 Å². The summed E-state index contributed by atoms with van der Waals surface area (Å²) in [6.07, 6.45) is 1.78. The van der Waals surface area contributed by atoms with Gasteiger partial charge in [0.2, 0.25) is 5.16 Å². The Labute approximate surface area is 85.5 Å². The molecule has 0 aliphatic heterocycles. The third-order valence-corrected chi connectivity index (χ3v) is 2.70. The van der Waals surface area contributed by atoms with E-state index in [1.807, 2.05) is 25.2 Å². The molecule has 2 rings (SSSR count). The molecule has 0 radical (unpaired) electrons. The van der Waals surface area contributed by atoms with E-state index in [2.05, 4.69) is 20.5 Å². The number of nitrogens with zero attached hydrogens (tertiary/aromatic N) is 5. The molecule has 0 fully saturated rings. The Morgan fingerprint density at radius 2 is 2.36 bits per heavy atom. The van der Waals surface area contributed by atoms with E-state index in [4.69, 9.17) is 0 Å². The second-order valence-electron chi connectivity index (χ2n) is 2.69. The fourth-order valence-corrected chi connectivity index (χ4v) is 1.73. The summed E-state index contributed by atoms with van der Waals surface area (Å²) in [5.41, 5.74) is 1.03. The summed E-state index contributed by atoms with van der Waals surface area (Å²) in [4.78, 5) is 4.21. The van der Waals surface area contributed by atoms with Gasteiger partial charge in [-0.05, 0) is 22.6 Å². The highest BCUT2D eigenvalue weighted by Crippen LogP contribution is 2.17. The first-order valence-electron chi connectivity index (χ1n) is 4.11. The molecule has 0 N–H and O–H groups in total. The molecule has 0 saturated heterocycles. The van der Waals surface area contributed by atoms with Crippen molar-refractivity contribution in [2.45, 2.75) is 10.9 Å². The van der Waals surface area contributed by atoms with E-state index in [9.17, 15) is 0 Å². The molecule has 0 spiro atoms. The third-order valence-electron chi connectivity index (χ3n) is 1.66. The normalized spacial score (nSPS) is 10.4. The lowest BCUT2D eigenvalue weighted by Gasteiger charge is -1.97. The maximum absolute atomic E-state index is 4.21. The lowest BCUT2D eigenvalue weighted by molar-refractivity contribution is 0.664. The molecular weight excluding hydrogens is 198 g/mol. The van der Waals surface area contributed by atoms with Gasteiger partial charge < -0.3 is 0 Å². The van der Waals surface area contributed by atoms with Crippen LogP contribution in [0.15, 0.2) is 29.6 Å². The number of thioether (sulfide) groups is 1. The molecule has 14 heavy (non-hydrogen) atoms. The van der Waals surface area contributed by atoms with Gasteiger partial charge in [-0.1, -0.05) is 17.8 Å². The van der Waals surface area contributed by atoms with Crippen LogP contribution in [-0.2, 0) is 12.8 Å². The molecule has 0 saturated carbocycles. The van der Waals surface area contributed by atoms with Gasteiger partial charge in [0.25, 0.3) is 0 Å². The van der Waals surface area contributed by atoms with Gasteiger partial charge in [0.05, 0.1) is 5.69 Å². The molecule has 2 aromatic rings. The summed E-state index contributed by atoms with van der Waals surface area (Å²) in [5.74, 6) is 0.787. The van der Waals surface area contributed by atoms with Crippen LogP contribution < -0.4 is 0 Å². The van der Waals surface area contributed by atoms with Gasteiger partial charge in [-0.15, -0.1) is 5.10 Å². The number of pyridine rings is 1. The van der Waals surface area contributed by atoms with E-state index in [1.165, 1.54) is 0 Å². The van der Waals surface area contributed by atoms with Gasteiger partial charge in [0.1, 0.15) is 0 Å². The Bertz CT molecular complexity index is 399. The number of aryl methyl sites for hydroxylation is 1. The summed E-state index contributed by atoms with van der Waals surface area (Å²) in [6, 6.07) is 5.85. The van der Waals surface area contributed by atoms with Crippen molar-refractivity contribution in [2.24, 2.45) is 7.05 Å². The first kappa shape index (κ1) is 9.14. The first-order valence-corrected chi connectivity index (χ1v) is 5.10. The minimum atomic E-state index is 0.787. The predicted molar refractivity (Wildman–Crippen MR) is 52.6 cm³/mol. The molecule has 0 amide bonds. The van der Waals surface area contributed by atoms with E-state index in [1.54, 1.807) is 22.6 Å². The number of rotatable bonds is 3. The minimum Gasteiger partial charge on any atom is -0.260 e. The van der Waals surface area contributed by atoms with Crippen molar-refractivity contribution in [3.8, 4) is 0 Å². The highest BCUT2D eigenvalue weighted by atomic mass is 32.2. The van der Waals surface area contributed by atoms with Gasteiger partial charge in [-0.25, -0.2) is 4.68 Å². The van der Waals surface area contributed by atoms with Crippen LogP contribution in [0.4, 0.5) is 0 Å². The van der Waals surface area contributed by atoms with Crippen LogP contribution in [0.2, 0.25) is 0 Å². The van der Waals surface area contributed by atoms with E-state index in [0.29, 0.717) is 0 Å². The fraction of sp³-hybridized carbons (Fsp3) is 0.250. The largest absolute Gasteiger partial charge is 0.260 e. The molecule has 2 heterocycles. The van der Waals surface area contributed by atoms with Gasteiger partial charge in [-0.2, -0.15) is 0 Å². The lowest BCUT2D eigenvalue weighted by Crippen LogP contribution is -1.93. The van der Waals surface area contributed by atoms with Crippen molar-refractivity contribution in [3.05, 3.63) is 30.1 Å². The van der Waals surface area contributed by atoms with Crippen molar-refractivity contribution < 1.29 is 0 Å². The average molecular weight is 207 g/mol.